The minimum atomic E-state index is 0.160. The number of piperidine rings is 1. The number of benzene rings is 1. The Labute approximate surface area is 120 Å². The van der Waals surface area contributed by atoms with Crippen LogP contribution in [0.3, 0.4) is 0 Å². The molecule has 1 amide bonds. The van der Waals surface area contributed by atoms with Crippen LogP contribution in [0.1, 0.15) is 24.5 Å². The molecule has 4 nitrogen and oxygen atoms in total. The van der Waals surface area contributed by atoms with Gasteiger partial charge in [-0.15, -0.1) is 0 Å². The Hall–Kier alpha value is -1.39. The Kier molecular flexibility index (Phi) is 5.15. The monoisotopic (exact) mass is 276 g/mol. The third-order valence-corrected chi connectivity index (χ3v) is 4.16. The molecule has 1 aliphatic rings. The number of nitrogens with two attached hydrogens (primary N) is 1. The van der Waals surface area contributed by atoms with E-state index in [4.69, 9.17) is 10.5 Å². The van der Waals surface area contributed by atoms with Gasteiger partial charge in [0.05, 0.1) is 12.5 Å². The molecule has 2 unspecified atom stereocenters. The zero-order valence-electron chi connectivity index (χ0n) is 12.3. The van der Waals surface area contributed by atoms with Crippen molar-refractivity contribution in [3.05, 3.63) is 35.4 Å². The summed E-state index contributed by atoms with van der Waals surface area (Å²) < 4.78 is 5.46. The predicted octanol–water partition coefficient (Wildman–Crippen LogP) is 1.57. The second kappa shape index (κ2) is 6.86. The SMILES string of the molecule is COC1CN(C(=O)Cc2ccc(CN)cc2)CCC1C. The summed E-state index contributed by atoms with van der Waals surface area (Å²) in [6, 6.07) is 7.94. The van der Waals surface area contributed by atoms with Crippen molar-refractivity contribution < 1.29 is 9.53 Å². The zero-order valence-corrected chi connectivity index (χ0v) is 12.3. The highest BCUT2D eigenvalue weighted by atomic mass is 16.5. The molecule has 1 aromatic rings. The van der Waals surface area contributed by atoms with Crippen molar-refractivity contribution in [1.82, 2.24) is 4.90 Å². The molecule has 1 heterocycles. The average molecular weight is 276 g/mol. The first kappa shape index (κ1) is 15.0. The third-order valence-electron chi connectivity index (χ3n) is 4.16. The molecule has 1 fully saturated rings. The van der Waals surface area contributed by atoms with E-state index in [1.54, 1.807) is 7.11 Å². The number of nitrogens with zero attached hydrogens (tertiary/aromatic N) is 1. The molecule has 0 aromatic heterocycles. The fourth-order valence-corrected chi connectivity index (χ4v) is 2.65. The summed E-state index contributed by atoms with van der Waals surface area (Å²) in [7, 11) is 1.72. The van der Waals surface area contributed by atoms with Crippen molar-refractivity contribution in [3.8, 4) is 0 Å². The van der Waals surface area contributed by atoms with Crippen LogP contribution in [-0.2, 0) is 22.5 Å². The lowest BCUT2D eigenvalue weighted by atomic mass is 9.95. The second-order valence-corrected chi connectivity index (χ2v) is 5.58. The number of methoxy groups -OCH3 is 1. The van der Waals surface area contributed by atoms with Gasteiger partial charge in [-0.25, -0.2) is 0 Å². The first-order valence-corrected chi connectivity index (χ1v) is 7.22. The molecular formula is C16H24N2O2. The lowest BCUT2D eigenvalue weighted by Crippen LogP contribution is -2.47. The smallest absolute Gasteiger partial charge is 0.227 e. The number of carbonyl (C=O) groups excluding carboxylic acids is 1. The van der Waals surface area contributed by atoms with Gasteiger partial charge in [0.15, 0.2) is 0 Å². The molecule has 0 bridgehead atoms. The van der Waals surface area contributed by atoms with E-state index in [0.29, 0.717) is 25.4 Å². The molecule has 0 aliphatic carbocycles. The standard InChI is InChI=1S/C16H24N2O2/c1-12-7-8-18(11-15(12)20-2)16(19)9-13-3-5-14(10-17)6-4-13/h3-6,12,15H,7-11,17H2,1-2H3. The van der Waals surface area contributed by atoms with Crippen LogP contribution >= 0.6 is 0 Å². The van der Waals surface area contributed by atoms with Gasteiger partial charge in [0.2, 0.25) is 5.91 Å². The number of amides is 1. The fourth-order valence-electron chi connectivity index (χ4n) is 2.65. The maximum Gasteiger partial charge on any atom is 0.227 e. The van der Waals surface area contributed by atoms with E-state index in [2.05, 4.69) is 6.92 Å². The highest BCUT2D eigenvalue weighted by molar-refractivity contribution is 5.78. The van der Waals surface area contributed by atoms with Crippen molar-refractivity contribution in [2.24, 2.45) is 11.7 Å². The summed E-state index contributed by atoms with van der Waals surface area (Å²) in [5.41, 5.74) is 7.70. The van der Waals surface area contributed by atoms with Gasteiger partial charge < -0.3 is 15.4 Å². The number of likely N-dealkylation sites (tertiary alicyclic amines) is 1. The summed E-state index contributed by atoms with van der Waals surface area (Å²) >= 11 is 0. The van der Waals surface area contributed by atoms with Gasteiger partial charge in [0, 0.05) is 26.7 Å². The van der Waals surface area contributed by atoms with E-state index in [9.17, 15) is 4.79 Å². The van der Waals surface area contributed by atoms with E-state index in [-0.39, 0.29) is 12.0 Å². The first-order chi connectivity index (χ1) is 9.63. The average Bonchev–Trinajstić information content (AvgIpc) is 2.48. The molecule has 20 heavy (non-hydrogen) atoms. The summed E-state index contributed by atoms with van der Waals surface area (Å²) in [5, 5.41) is 0. The number of hydrogen-bond donors (Lipinski definition) is 1. The van der Waals surface area contributed by atoms with Crippen LogP contribution in [0.5, 0.6) is 0 Å². The molecule has 110 valence electrons. The van der Waals surface area contributed by atoms with Gasteiger partial charge >= 0.3 is 0 Å². The van der Waals surface area contributed by atoms with E-state index in [1.165, 1.54) is 0 Å². The molecule has 2 atom stereocenters. The lowest BCUT2D eigenvalue weighted by Gasteiger charge is -2.36. The van der Waals surface area contributed by atoms with E-state index in [1.807, 2.05) is 29.2 Å². The minimum Gasteiger partial charge on any atom is -0.379 e. The highest BCUT2D eigenvalue weighted by Crippen LogP contribution is 2.20. The van der Waals surface area contributed by atoms with Crippen LogP contribution in [0.4, 0.5) is 0 Å². The van der Waals surface area contributed by atoms with E-state index < -0.39 is 0 Å². The number of rotatable bonds is 4. The van der Waals surface area contributed by atoms with Gasteiger partial charge in [-0.05, 0) is 23.5 Å². The molecular weight excluding hydrogens is 252 g/mol. The molecule has 1 aromatic carbocycles. The Morgan fingerprint density at radius 3 is 2.60 bits per heavy atom. The second-order valence-electron chi connectivity index (χ2n) is 5.58. The van der Waals surface area contributed by atoms with Crippen LogP contribution in [0.15, 0.2) is 24.3 Å². The van der Waals surface area contributed by atoms with Crippen molar-refractivity contribution in [1.29, 1.82) is 0 Å². The fraction of sp³-hybridized carbons (Fsp3) is 0.562. The lowest BCUT2D eigenvalue weighted by molar-refractivity contribution is -0.135. The van der Waals surface area contributed by atoms with Gasteiger partial charge in [0.1, 0.15) is 0 Å². The van der Waals surface area contributed by atoms with Crippen LogP contribution in [0.25, 0.3) is 0 Å². The quantitative estimate of drug-likeness (QED) is 0.908. The summed E-state index contributed by atoms with van der Waals surface area (Å²) in [4.78, 5) is 14.3. The van der Waals surface area contributed by atoms with Crippen molar-refractivity contribution >= 4 is 5.91 Å². The molecule has 1 saturated heterocycles. The molecule has 0 radical (unpaired) electrons. The van der Waals surface area contributed by atoms with Gasteiger partial charge in [-0.1, -0.05) is 31.2 Å². The molecule has 2 rings (SSSR count). The Morgan fingerprint density at radius 2 is 2.00 bits per heavy atom. The maximum atomic E-state index is 12.3. The zero-order chi connectivity index (χ0) is 14.5. The van der Waals surface area contributed by atoms with Gasteiger partial charge in [-0.2, -0.15) is 0 Å². The maximum absolute atomic E-state index is 12.3. The van der Waals surface area contributed by atoms with Crippen molar-refractivity contribution in [3.63, 3.8) is 0 Å². The first-order valence-electron chi connectivity index (χ1n) is 7.22. The van der Waals surface area contributed by atoms with Gasteiger partial charge in [0.25, 0.3) is 0 Å². The topological polar surface area (TPSA) is 55.6 Å². The summed E-state index contributed by atoms with van der Waals surface area (Å²) in [6.07, 6.45) is 1.62. The van der Waals surface area contributed by atoms with Gasteiger partial charge in [-0.3, -0.25) is 4.79 Å². The van der Waals surface area contributed by atoms with E-state index >= 15 is 0 Å². The number of carbonyl (C=O) groups is 1. The van der Waals surface area contributed by atoms with Crippen LogP contribution in [-0.4, -0.2) is 37.1 Å². The molecule has 0 saturated carbocycles. The van der Waals surface area contributed by atoms with Crippen LogP contribution in [0.2, 0.25) is 0 Å². The Morgan fingerprint density at radius 1 is 1.35 bits per heavy atom. The molecule has 2 N–H and O–H groups in total. The summed E-state index contributed by atoms with van der Waals surface area (Å²) in [5.74, 6) is 0.701. The molecule has 4 heteroatoms. The highest BCUT2D eigenvalue weighted by Gasteiger charge is 2.28. The third kappa shape index (κ3) is 3.58. The van der Waals surface area contributed by atoms with Crippen LogP contribution in [0, 0.1) is 5.92 Å². The van der Waals surface area contributed by atoms with Crippen molar-refractivity contribution in [2.75, 3.05) is 20.2 Å². The molecule has 1 aliphatic heterocycles. The Balaban J connectivity index is 1.94. The minimum absolute atomic E-state index is 0.160. The molecule has 0 spiro atoms. The van der Waals surface area contributed by atoms with Crippen molar-refractivity contribution in [2.45, 2.75) is 32.4 Å². The summed E-state index contributed by atoms with van der Waals surface area (Å²) in [6.45, 7) is 4.26. The van der Waals surface area contributed by atoms with Crippen LogP contribution < -0.4 is 5.73 Å². The largest absolute Gasteiger partial charge is 0.379 e. The Bertz CT molecular complexity index is 444. The number of hydrogen-bond acceptors (Lipinski definition) is 3. The predicted molar refractivity (Wildman–Crippen MR) is 79.2 cm³/mol. The normalized spacial score (nSPS) is 22.9. The van der Waals surface area contributed by atoms with E-state index in [0.717, 1.165) is 24.1 Å². The number of ether oxygens (including phenoxy) is 1.